The molecule has 100 valence electrons. The second-order valence-corrected chi connectivity index (χ2v) is 4.68. The molecule has 0 fully saturated rings. The van der Waals surface area contributed by atoms with Crippen molar-refractivity contribution in [2.24, 2.45) is 11.7 Å². The van der Waals surface area contributed by atoms with Gasteiger partial charge in [-0.2, -0.15) is 13.2 Å². The molecule has 0 aromatic heterocycles. The van der Waals surface area contributed by atoms with Gasteiger partial charge in [-0.05, 0) is 24.5 Å². The molecule has 18 heavy (non-hydrogen) atoms. The molecule has 1 unspecified atom stereocenters. The summed E-state index contributed by atoms with van der Waals surface area (Å²) in [7, 11) is 0. The van der Waals surface area contributed by atoms with E-state index in [1.807, 2.05) is 13.8 Å². The van der Waals surface area contributed by atoms with Gasteiger partial charge < -0.3 is 5.73 Å². The number of halogens is 3. The van der Waals surface area contributed by atoms with Crippen molar-refractivity contribution in [1.82, 2.24) is 0 Å². The molecule has 1 rings (SSSR count). The maximum Gasteiger partial charge on any atom is 0.416 e. The van der Waals surface area contributed by atoms with E-state index in [9.17, 15) is 18.0 Å². The van der Waals surface area contributed by atoms with Crippen molar-refractivity contribution in [3.63, 3.8) is 0 Å². The highest BCUT2D eigenvalue weighted by Gasteiger charge is 2.31. The van der Waals surface area contributed by atoms with E-state index in [1.165, 1.54) is 12.1 Å². The lowest BCUT2D eigenvalue weighted by Gasteiger charge is -2.14. The molecule has 1 atom stereocenters. The van der Waals surface area contributed by atoms with Crippen LogP contribution in [0.2, 0.25) is 0 Å². The molecule has 0 aliphatic heterocycles. The Morgan fingerprint density at radius 1 is 1.33 bits per heavy atom. The number of benzene rings is 1. The van der Waals surface area contributed by atoms with Crippen molar-refractivity contribution >= 4 is 5.78 Å². The normalized spacial score (nSPS) is 13.7. The van der Waals surface area contributed by atoms with Gasteiger partial charge in [0.25, 0.3) is 0 Å². The molecule has 1 aromatic carbocycles. The van der Waals surface area contributed by atoms with Crippen molar-refractivity contribution in [2.45, 2.75) is 32.5 Å². The van der Waals surface area contributed by atoms with E-state index >= 15 is 0 Å². The molecule has 0 spiro atoms. The summed E-state index contributed by atoms with van der Waals surface area (Å²) in [4.78, 5) is 11.9. The first-order valence-electron chi connectivity index (χ1n) is 5.69. The van der Waals surface area contributed by atoms with E-state index < -0.39 is 23.6 Å². The molecule has 0 saturated heterocycles. The fourth-order valence-corrected chi connectivity index (χ4v) is 1.68. The first kappa shape index (κ1) is 14.7. The zero-order valence-electron chi connectivity index (χ0n) is 10.3. The predicted octanol–water partition coefficient (Wildman–Crippen LogP) is 3.26. The molecule has 0 amide bonds. The average Bonchev–Trinajstić information content (AvgIpc) is 2.26. The van der Waals surface area contributed by atoms with Crippen molar-refractivity contribution in [2.75, 3.05) is 0 Å². The van der Waals surface area contributed by atoms with Crippen molar-refractivity contribution in [1.29, 1.82) is 0 Å². The van der Waals surface area contributed by atoms with Crippen LogP contribution in [-0.4, -0.2) is 11.8 Å². The number of alkyl halides is 3. The van der Waals surface area contributed by atoms with Crippen LogP contribution in [0.5, 0.6) is 0 Å². The molecular weight excluding hydrogens is 243 g/mol. The maximum atomic E-state index is 12.5. The van der Waals surface area contributed by atoms with E-state index in [2.05, 4.69) is 0 Å². The van der Waals surface area contributed by atoms with Gasteiger partial charge in [0.15, 0.2) is 5.78 Å². The molecule has 0 aliphatic carbocycles. The van der Waals surface area contributed by atoms with Crippen LogP contribution in [0.25, 0.3) is 0 Å². The predicted molar refractivity (Wildman–Crippen MR) is 63.2 cm³/mol. The van der Waals surface area contributed by atoms with Crippen LogP contribution in [0.15, 0.2) is 24.3 Å². The smallest absolute Gasteiger partial charge is 0.321 e. The largest absolute Gasteiger partial charge is 0.416 e. The zero-order chi connectivity index (χ0) is 13.9. The topological polar surface area (TPSA) is 43.1 Å². The molecule has 0 bridgehead atoms. The van der Waals surface area contributed by atoms with Crippen LogP contribution in [0.4, 0.5) is 13.2 Å². The molecule has 0 aliphatic rings. The number of nitrogens with two attached hydrogens (primary N) is 1. The minimum atomic E-state index is -4.45. The summed E-state index contributed by atoms with van der Waals surface area (Å²) in [6, 6.07) is 3.61. The lowest BCUT2D eigenvalue weighted by Crippen LogP contribution is -2.32. The van der Waals surface area contributed by atoms with Crippen molar-refractivity contribution in [3.05, 3.63) is 35.4 Å². The van der Waals surface area contributed by atoms with Gasteiger partial charge in [0.2, 0.25) is 0 Å². The van der Waals surface area contributed by atoms with E-state index in [-0.39, 0.29) is 11.5 Å². The van der Waals surface area contributed by atoms with Gasteiger partial charge >= 0.3 is 6.18 Å². The van der Waals surface area contributed by atoms with E-state index in [0.29, 0.717) is 6.42 Å². The molecule has 5 heteroatoms. The summed E-state index contributed by atoms with van der Waals surface area (Å²) >= 11 is 0. The van der Waals surface area contributed by atoms with Gasteiger partial charge in [-0.1, -0.05) is 26.0 Å². The first-order valence-corrected chi connectivity index (χ1v) is 5.69. The monoisotopic (exact) mass is 259 g/mol. The Morgan fingerprint density at radius 2 is 1.94 bits per heavy atom. The first-order chi connectivity index (χ1) is 8.21. The van der Waals surface area contributed by atoms with Crippen LogP contribution in [0.1, 0.15) is 36.2 Å². The third kappa shape index (κ3) is 3.84. The third-order valence-electron chi connectivity index (χ3n) is 2.54. The van der Waals surface area contributed by atoms with Gasteiger partial charge in [-0.25, -0.2) is 0 Å². The highest BCUT2D eigenvalue weighted by Crippen LogP contribution is 2.29. The number of hydrogen-bond acceptors (Lipinski definition) is 2. The molecule has 2 N–H and O–H groups in total. The SMILES string of the molecule is CC(C)CC(N)C(=O)c1cccc(C(F)(F)F)c1. The van der Waals surface area contributed by atoms with Crippen LogP contribution in [0.3, 0.4) is 0 Å². The minimum absolute atomic E-state index is 0.0120. The molecule has 2 nitrogen and oxygen atoms in total. The Bertz CT molecular complexity index is 426. The Balaban J connectivity index is 2.93. The highest BCUT2D eigenvalue weighted by molar-refractivity contribution is 6.00. The summed E-state index contributed by atoms with van der Waals surface area (Å²) in [5.41, 5.74) is 4.86. The summed E-state index contributed by atoms with van der Waals surface area (Å²) < 4.78 is 37.5. The van der Waals surface area contributed by atoms with Crippen LogP contribution in [-0.2, 0) is 6.18 Å². The summed E-state index contributed by atoms with van der Waals surface area (Å²) in [5.74, 6) is -0.232. The van der Waals surface area contributed by atoms with Gasteiger partial charge in [-0.15, -0.1) is 0 Å². The quantitative estimate of drug-likeness (QED) is 0.843. The van der Waals surface area contributed by atoms with Crippen molar-refractivity contribution < 1.29 is 18.0 Å². The van der Waals surface area contributed by atoms with E-state index in [4.69, 9.17) is 5.73 Å². The lowest BCUT2D eigenvalue weighted by molar-refractivity contribution is -0.137. The second kappa shape index (κ2) is 5.52. The third-order valence-corrected chi connectivity index (χ3v) is 2.54. The Labute approximate surface area is 104 Å². The van der Waals surface area contributed by atoms with Crippen LogP contribution in [0, 0.1) is 5.92 Å². The molecule has 0 saturated carbocycles. The molecule has 1 aromatic rings. The Kier molecular flexibility index (Phi) is 4.51. The Morgan fingerprint density at radius 3 is 2.44 bits per heavy atom. The van der Waals surface area contributed by atoms with Gasteiger partial charge in [0.05, 0.1) is 11.6 Å². The minimum Gasteiger partial charge on any atom is -0.321 e. The second-order valence-electron chi connectivity index (χ2n) is 4.68. The number of Topliss-reactive ketones (excluding diaryl/α,β-unsaturated/α-hetero) is 1. The molecule has 0 radical (unpaired) electrons. The zero-order valence-corrected chi connectivity index (χ0v) is 10.3. The summed E-state index contributed by atoms with van der Waals surface area (Å²) in [6.07, 6.45) is -3.99. The molecular formula is C13H16F3NO. The van der Waals surface area contributed by atoms with E-state index in [1.54, 1.807) is 0 Å². The number of ketones is 1. The molecule has 0 heterocycles. The fourth-order valence-electron chi connectivity index (χ4n) is 1.68. The lowest BCUT2D eigenvalue weighted by atomic mass is 9.96. The van der Waals surface area contributed by atoms with Crippen LogP contribution >= 0.6 is 0 Å². The standard InChI is InChI=1S/C13H16F3NO/c1-8(2)6-11(17)12(18)9-4-3-5-10(7-9)13(14,15)16/h3-5,7-8,11H,6,17H2,1-2H3. The number of rotatable bonds is 4. The summed E-state index contributed by atoms with van der Waals surface area (Å²) in [6.45, 7) is 3.80. The average molecular weight is 259 g/mol. The fraction of sp³-hybridized carbons (Fsp3) is 0.462. The van der Waals surface area contributed by atoms with E-state index in [0.717, 1.165) is 12.1 Å². The van der Waals surface area contributed by atoms with Crippen molar-refractivity contribution in [3.8, 4) is 0 Å². The maximum absolute atomic E-state index is 12.5. The van der Waals surface area contributed by atoms with Gasteiger partial charge in [-0.3, -0.25) is 4.79 Å². The van der Waals surface area contributed by atoms with Gasteiger partial charge in [0.1, 0.15) is 0 Å². The summed E-state index contributed by atoms with van der Waals surface area (Å²) in [5, 5.41) is 0. The Hall–Kier alpha value is -1.36. The highest BCUT2D eigenvalue weighted by atomic mass is 19.4. The van der Waals surface area contributed by atoms with Gasteiger partial charge in [0, 0.05) is 5.56 Å². The number of carbonyl (C=O) groups excluding carboxylic acids is 1. The number of carbonyl (C=O) groups is 1. The van der Waals surface area contributed by atoms with Crippen LogP contribution < -0.4 is 5.73 Å². The number of hydrogen-bond donors (Lipinski definition) is 1.